The maximum atomic E-state index is 11.9. The third-order valence-corrected chi connectivity index (χ3v) is 4.74. The van der Waals surface area contributed by atoms with Crippen molar-refractivity contribution in [1.82, 2.24) is 4.90 Å². The first-order valence-corrected chi connectivity index (χ1v) is 7.93. The van der Waals surface area contributed by atoms with Crippen LogP contribution in [0.25, 0.3) is 0 Å². The molecular weight excluding hydrogens is 262 g/mol. The van der Waals surface area contributed by atoms with Crippen LogP contribution in [0.3, 0.4) is 0 Å². The molecule has 1 aliphatic carbocycles. The quantitative estimate of drug-likeness (QED) is 0.767. The second kappa shape index (κ2) is 7.05. The van der Waals surface area contributed by atoms with E-state index in [1.165, 1.54) is 19.3 Å². The minimum absolute atomic E-state index is 0.451. The lowest BCUT2D eigenvalue weighted by molar-refractivity contribution is -0.123. The van der Waals surface area contributed by atoms with Gasteiger partial charge in [0.2, 0.25) is 5.91 Å². The number of hydrogen-bond acceptors (Lipinski definition) is 3. The maximum absolute atomic E-state index is 11.9. The summed E-state index contributed by atoms with van der Waals surface area (Å²) in [4.78, 5) is 14.3. The first-order valence-electron chi connectivity index (χ1n) is 7.93. The van der Waals surface area contributed by atoms with Crippen molar-refractivity contribution < 1.29 is 4.79 Å². The lowest BCUT2D eigenvalue weighted by Crippen LogP contribution is -2.51. The molecule has 1 aromatic rings. The molecule has 0 radical (unpaired) electrons. The summed E-state index contributed by atoms with van der Waals surface area (Å²) in [5.41, 5.74) is 11.7. The molecule has 1 atom stereocenters. The Labute approximate surface area is 127 Å². The summed E-state index contributed by atoms with van der Waals surface area (Å²) in [6.07, 6.45) is 4.58. The molecule has 4 heteroatoms. The summed E-state index contributed by atoms with van der Waals surface area (Å²) in [7, 11) is 0. The molecule has 1 aliphatic rings. The number of nitrogens with zero attached hydrogens (tertiary/aromatic N) is 1. The monoisotopic (exact) mass is 289 g/mol. The smallest absolute Gasteiger partial charge is 0.242 e. The largest absolute Gasteiger partial charge is 0.368 e. The van der Waals surface area contributed by atoms with E-state index in [0.29, 0.717) is 6.42 Å². The normalized spacial score (nSPS) is 18.2. The number of benzene rings is 1. The topological polar surface area (TPSA) is 72.3 Å². The van der Waals surface area contributed by atoms with Crippen LogP contribution in [0.2, 0.25) is 0 Å². The van der Waals surface area contributed by atoms with Crippen LogP contribution in [0.15, 0.2) is 30.3 Å². The van der Waals surface area contributed by atoms with Crippen molar-refractivity contribution in [3.63, 3.8) is 0 Å². The first-order chi connectivity index (χ1) is 10.1. The molecule has 0 heterocycles. The second-order valence-corrected chi connectivity index (χ2v) is 6.14. The van der Waals surface area contributed by atoms with Crippen LogP contribution in [0.5, 0.6) is 0 Å². The van der Waals surface area contributed by atoms with Gasteiger partial charge in [0.15, 0.2) is 0 Å². The fourth-order valence-electron chi connectivity index (χ4n) is 2.90. The van der Waals surface area contributed by atoms with E-state index in [0.717, 1.165) is 31.1 Å². The molecule has 4 nitrogen and oxygen atoms in total. The molecule has 0 aliphatic heterocycles. The zero-order valence-electron chi connectivity index (χ0n) is 12.9. The van der Waals surface area contributed by atoms with Crippen LogP contribution in [0.4, 0.5) is 0 Å². The van der Waals surface area contributed by atoms with Gasteiger partial charge in [0.05, 0.1) is 0 Å². The molecule has 21 heavy (non-hydrogen) atoms. The van der Waals surface area contributed by atoms with Gasteiger partial charge in [-0.15, -0.1) is 0 Å². The summed E-state index contributed by atoms with van der Waals surface area (Å²) in [6, 6.07) is 9.47. The van der Waals surface area contributed by atoms with E-state index in [9.17, 15) is 4.79 Å². The summed E-state index contributed by atoms with van der Waals surface area (Å²) < 4.78 is 0. The number of primary amides is 1. The lowest BCUT2D eigenvalue weighted by Gasteiger charge is -2.34. The van der Waals surface area contributed by atoms with E-state index < -0.39 is 11.4 Å². The predicted molar refractivity (Wildman–Crippen MR) is 85.6 cm³/mol. The van der Waals surface area contributed by atoms with Crippen molar-refractivity contribution in [2.75, 3.05) is 19.6 Å². The van der Waals surface area contributed by atoms with Gasteiger partial charge in [-0.2, -0.15) is 0 Å². The van der Waals surface area contributed by atoms with Gasteiger partial charge in [-0.1, -0.05) is 43.7 Å². The summed E-state index contributed by atoms with van der Waals surface area (Å²) in [5, 5.41) is 0. The van der Waals surface area contributed by atoms with Crippen molar-refractivity contribution in [3.05, 3.63) is 35.9 Å². The van der Waals surface area contributed by atoms with E-state index in [-0.39, 0.29) is 0 Å². The van der Waals surface area contributed by atoms with Gasteiger partial charge in [0, 0.05) is 13.1 Å². The van der Waals surface area contributed by atoms with Crippen LogP contribution < -0.4 is 11.5 Å². The van der Waals surface area contributed by atoms with E-state index in [4.69, 9.17) is 11.5 Å². The van der Waals surface area contributed by atoms with E-state index in [2.05, 4.69) is 11.8 Å². The zero-order valence-corrected chi connectivity index (χ0v) is 12.9. The Balaban J connectivity index is 2.00. The average Bonchev–Trinajstić information content (AvgIpc) is 2.46. The zero-order chi connectivity index (χ0) is 15.3. The van der Waals surface area contributed by atoms with Crippen molar-refractivity contribution in [2.45, 2.75) is 38.1 Å². The Morgan fingerprint density at radius 3 is 2.48 bits per heavy atom. The fourth-order valence-corrected chi connectivity index (χ4v) is 2.90. The molecule has 1 unspecified atom stereocenters. The number of carbonyl (C=O) groups is 1. The first kappa shape index (κ1) is 16.0. The molecule has 4 N–H and O–H groups in total. The minimum atomic E-state index is -1.08. The highest BCUT2D eigenvalue weighted by Crippen LogP contribution is 2.28. The van der Waals surface area contributed by atoms with E-state index in [1.54, 1.807) is 0 Å². The van der Waals surface area contributed by atoms with Crippen LogP contribution in [0.1, 0.15) is 38.2 Å². The Morgan fingerprint density at radius 1 is 1.33 bits per heavy atom. The van der Waals surface area contributed by atoms with Crippen LogP contribution >= 0.6 is 0 Å². The molecule has 0 spiro atoms. The van der Waals surface area contributed by atoms with Gasteiger partial charge in [0.1, 0.15) is 5.54 Å². The number of nitrogens with two attached hydrogens (primary N) is 2. The molecule has 2 rings (SSSR count). The van der Waals surface area contributed by atoms with Crippen molar-refractivity contribution in [3.8, 4) is 0 Å². The van der Waals surface area contributed by atoms with Crippen LogP contribution in [-0.2, 0) is 10.3 Å². The Bertz CT molecular complexity index is 458. The van der Waals surface area contributed by atoms with Crippen molar-refractivity contribution in [2.24, 2.45) is 17.4 Å². The Hall–Kier alpha value is -1.39. The summed E-state index contributed by atoms with van der Waals surface area (Å²) in [6.45, 7) is 5.06. The molecule has 0 aromatic heterocycles. The molecule has 1 saturated carbocycles. The second-order valence-electron chi connectivity index (χ2n) is 6.14. The van der Waals surface area contributed by atoms with Gasteiger partial charge >= 0.3 is 0 Å². The SMILES string of the molecule is CCN(CCC(N)(C(N)=O)c1ccccc1)CC1CCC1. The molecular formula is C17H27N3O. The highest BCUT2D eigenvalue weighted by Gasteiger charge is 2.34. The summed E-state index contributed by atoms with van der Waals surface area (Å²) in [5.74, 6) is 0.371. The summed E-state index contributed by atoms with van der Waals surface area (Å²) >= 11 is 0. The molecule has 0 bridgehead atoms. The van der Waals surface area contributed by atoms with E-state index in [1.807, 2.05) is 30.3 Å². The lowest BCUT2D eigenvalue weighted by atomic mass is 9.84. The number of carbonyl (C=O) groups excluding carboxylic acids is 1. The molecule has 1 amide bonds. The van der Waals surface area contributed by atoms with Crippen LogP contribution in [-0.4, -0.2) is 30.4 Å². The molecule has 116 valence electrons. The average molecular weight is 289 g/mol. The number of amides is 1. The molecule has 1 fully saturated rings. The highest BCUT2D eigenvalue weighted by molar-refractivity contribution is 5.85. The maximum Gasteiger partial charge on any atom is 0.242 e. The van der Waals surface area contributed by atoms with Gasteiger partial charge in [0.25, 0.3) is 0 Å². The Morgan fingerprint density at radius 2 is 2.00 bits per heavy atom. The third kappa shape index (κ3) is 3.83. The fraction of sp³-hybridized carbons (Fsp3) is 0.588. The van der Waals surface area contributed by atoms with Crippen molar-refractivity contribution in [1.29, 1.82) is 0 Å². The number of hydrogen-bond donors (Lipinski definition) is 2. The van der Waals surface area contributed by atoms with Crippen LogP contribution in [0, 0.1) is 5.92 Å². The van der Waals surface area contributed by atoms with Gasteiger partial charge < -0.3 is 16.4 Å². The highest BCUT2D eigenvalue weighted by atomic mass is 16.1. The minimum Gasteiger partial charge on any atom is -0.368 e. The van der Waals surface area contributed by atoms with Gasteiger partial charge in [-0.25, -0.2) is 0 Å². The van der Waals surface area contributed by atoms with Gasteiger partial charge in [-0.3, -0.25) is 4.79 Å². The van der Waals surface area contributed by atoms with E-state index >= 15 is 0 Å². The molecule has 0 saturated heterocycles. The number of rotatable bonds is 8. The molecule has 1 aromatic carbocycles. The van der Waals surface area contributed by atoms with Gasteiger partial charge in [-0.05, 0) is 37.3 Å². The predicted octanol–water partition coefficient (Wildman–Crippen LogP) is 1.84. The Kier molecular flexibility index (Phi) is 5.37. The third-order valence-electron chi connectivity index (χ3n) is 4.74. The van der Waals surface area contributed by atoms with Crippen molar-refractivity contribution >= 4 is 5.91 Å². The standard InChI is InChI=1S/C17H27N3O/c1-2-20(13-14-7-6-8-14)12-11-17(19,16(18)21)15-9-4-3-5-10-15/h3-5,9-10,14H,2,6-8,11-13,19H2,1H3,(H2,18,21).